The number of alkyl halides is 2. The van der Waals surface area contributed by atoms with Crippen LogP contribution in [0.4, 0.5) is 20.3 Å². The maximum Gasteiger partial charge on any atom is 0.325 e. The van der Waals surface area contributed by atoms with Gasteiger partial charge in [0.05, 0.1) is 37.5 Å². The molecule has 264 valence electrons. The standard InChI is InChI=1S/C27H28BF2N7O10P2S/c28-48(38)42-9-15-22(20(30)27(44-15)37-8-13-3-6-41-35-23-18(13)25(37)33-11-32-23)47-49(39,50)43-10-16-21(46-48)19(29)26(45-16)36-7-12-2-5-40-34-14-1-4-31-24(36)17(12)14/h1,4,7-8,11,15-16,19-22,26-27,34H,2-3,5-6,9-10H2,(H,39,50)(H,32,33,35)/t15-,16-,19+,20?,21?,22+,26-,27-,48?,49?/m1/s1. The number of hydrogen-bond acceptors (Lipinski definition) is 15. The number of anilines is 2. The van der Waals surface area contributed by atoms with E-state index in [0.717, 1.165) is 11.1 Å². The van der Waals surface area contributed by atoms with Crippen LogP contribution in [0.5, 0.6) is 0 Å². The van der Waals surface area contributed by atoms with E-state index in [-0.39, 0.29) is 0 Å². The molecule has 0 spiro atoms. The molecule has 5 aliphatic heterocycles. The number of nitrogens with one attached hydrogen (secondary N) is 2. The SMILES string of the molecule is [B]P1(=O)OC[C@H]2O[C@@H](n3cc4c5c(ncnc53)NOCC4)C(F)[C@H]2OP(O)(=S)OC[C@H]2O[C@@H](n3cc4c5c(ccnc53)NOCC4)[C@@H](F)C2O1. The smallest absolute Gasteiger partial charge is 0.325 e. The predicted octanol–water partition coefficient (Wildman–Crippen LogP) is 3.06. The molecular weight excluding hydrogens is 725 g/mol. The van der Waals surface area contributed by atoms with Crippen molar-refractivity contribution in [1.29, 1.82) is 0 Å². The van der Waals surface area contributed by atoms with E-state index in [1.165, 1.54) is 21.7 Å². The van der Waals surface area contributed by atoms with E-state index in [1.54, 1.807) is 18.5 Å². The second-order valence-corrected chi connectivity index (χ2v) is 16.6. The topological polar surface area (TPSA) is 184 Å². The summed E-state index contributed by atoms with van der Waals surface area (Å²) in [6.07, 6.45) is -5.33. The van der Waals surface area contributed by atoms with Gasteiger partial charge in [-0.2, -0.15) is 0 Å². The van der Waals surface area contributed by atoms with Gasteiger partial charge in [-0.25, -0.2) is 29.2 Å². The Labute approximate surface area is 287 Å². The Morgan fingerprint density at radius 1 is 0.880 bits per heavy atom. The van der Waals surface area contributed by atoms with Gasteiger partial charge in [-0.05, 0) is 29.0 Å². The molecule has 2 radical (unpaired) electrons. The normalized spacial score (nSPS) is 37.5. The summed E-state index contributed by atoms with van der Waals surface area (Å²) >= 11 is 5.28. The summed E-state index contributed by atoms with van der Waals surface area (Å²) in [5.41, 5.74) is 8.60. The summed E-state index contributed by atoms with van der Waals surface area (Å²) in [5.74, 6) is 0.398. The largest absolute Gasteiger partial charge is 0.346 e. The zero-order valence-corrected chi connectivity index (χ0v) is 28.3. The van der Waals surface area contributed by atoms with Gasteiger partial charge in [0.1, 0.15) is 42.0 Å². The van der Waals surface area contributed by atoms with Gasteiger partial charge in [0.2, 0.25) is 7.57 Å². The molecule has 50 heavy (non-hydrogen) atoms. The minimum Gasteiger partial charge on any atom is -0.346 e. The number of hydrogen-bond donors (Lipinski definition) is 3. The van der Waals surface area contributed by atoms with Crippen LogP contribution in [-0.2, 0) is 66.5 Å². The first-order valence-corrected chi connectivity index (χ1v) is 19.8. The highest BCUT2D eigenvalue weighted by Gasteiger charge is 2.54. The third-order valence-corrected chi connectivity index (χ3v) is 11.8. The fraction of sp³-hybridized carbons (Fsp3) is 0.519. The number of halogens is 2. The average Bonchev–Trinajstić information content (AvgIpc) is 3.71. The van der Waals surface area contributed by atoms with Crippen LogP contribution >= 0.6 is 14.2 Å². The van der Waals surface area contributed by atoms with Crippen molar-refractivity contribution in [3.8, 4) is 0 Å². The molecule has 4 unspecified atom stereocenters. The van der Waals surface area contributed by atoms with Gasteiger partial charge in [-0.15, -0.1) is 0 Å². The summed E-state index contributed by atoms with van der Waals surface area (Å²) in [4.78, 5) is 34.9. The van der Waals surface area contributed by atoms with Crippen LogP contribution in [0, 0.1) is 0 Å². The lowest BCUT2D eigenvalue weighted by Crippen LogP contribution is -2.37. The van der Waals surface area contributed by atoms with Crippen LogP contribution in [0.1, 0.15) is 23.6 Å². The molecule has 23 heteroatoms. The van der Waals surface area contributed by atoms with Crippen LogP contribution in [0.25, 0.3) is 22.1 Å². The van der Waals surface area contributed by atoms with E-state index in [4.69, 9.17) is 56.6 Å². The minimum atomic E-state index is -4.57. The van der Waals surface area contributed by atoms with Crippen molar-refractivity contribution in [2.45, 2.75) is 62.1 Å². The highest BCUT2D eigenvalue weighted by molar-refractivity contribution is 8.07. The van der Waals surface area contributed by atoms with Crippen LogP contribution in [0.2, 0.25) is 0 Å². The first-order valence-electron chi connectivity index (χ1n) is 15.6. The summed E-state index contributed by atoms with van der Waals surface area (Å²) in [6, 6.07) is 1.72. The van der Waals surface area contributed by atoms with Gasteiger partial charge < -0.3 is 37.1 Å². The molecule has 0 aromatic carbocycles. The first-order chi connectivity index (χ1) is 24.1. The first kappa shape index (κ1) is 33.2. The highest BCUT2D eigenvalue weighted by Crippen LogP contribution is 2.54. The quantitative estimate of drug-likeness (QED) is 0.200. The molecule has 9 heterocycles. The third kappa shape index (κ3) is 5.68. The van der Waals surface area contributed by atoms with Crippen LogP contribution in [0.3, 0.4) is 0 Å². The molecule has 0 bridgehead atoms. The number of aromatic nitrogens is 5. The summed E-state index contributed by atoms with van der Waals surface area (Å²) in [6.45, 7) is -4.81. The lowest BCUT2D eigenvalue weighted by Gasteiger charge is -2.29. The van der Waals surface area contributed by atoms with E-state index >= 15 is 8.78 Å². The fourth-order valence-electron chi connectivity index (χ4n) is 7.00. The number of pyridine rings is 1. The molecular formula is C27H28BF2N7O10P2S. The maximum atomic E-state index is 16.4. The van der Waals surface area contributed by atoms with Crippen LogP contribution in [-0.4, -0.2) is 99.7 Å². The third-order valence-electron chi connectivity index (χ3n) is 9.20. The molecule has 3 saturated heterocycles. The van der Waals surface area contributed by atoms with Crippen molar-refractivity contribution >= 4 is 67.1 Å². The summed E-state index contributed by atoms with van der Waals surface area (Å²) in [7, 11) is 1.42. The molecule has 3 N–H and O–H groups in total. The Hall–Kier alpha value is -2.65. The maximum absolute atomic E-state index is 16.4. The molecule has 4 aromatic rings. The lowest BCUT2D eigenvalue weighted by atomic mass is 10.1. The van der Waals surface area contributed by atoms with Crippen LogP contribution in [0.15, 0.2) is 31.0 Å². The summed E-state index contributed by atoms with van der Waals surface area (Å²) < 4.78 is 83.8. The van der Waals surface area contributed by atoms with E-state index < -0.39 is 76.6 Å². The molecule has 4 aromatic heterocycles. The molecule has 0 saturated carbocycles. The number of nitrogens with zero attached hydrogens (tertiary/aromatic N) is 5. The van der Waals surface area contributed by atoms with Crippen molar-refractivity contribution < 1.29 is 55.5 Å². The zero-order valence-electron chi connectivity index (χ0n) is 25.7. The van der Waals surface area contributed by atoms with Crippen molar-refractivity contribution in [3.05, 3.63) is 42.1 Å². The highest BCUT2D eigenvalue weighted by atomic mass is 32.5. The van der Waals surface area contributed by atoms with Crippen molar-refractivity contribution in [2.24, 2.45) is 0 Å². The summed E-state index contributed by atoms with van der Waals surface area (Å²) in [5, 5.41) is 1.33. The van der Waals surface area contributed by atoms with E-state index in [2.05, 4.69) is 25.9 Å². The van der Waals surface area contributed by atoms with Crippen molar-refractivity contribution in [1.82, 2.24) is 24.1 Å². The van der Waals surface area contributed by atoms with Gasteiger partial charge in [0.15, 0.2) is 30.6 Å². The van der Waals surface area contributed by atoms with Crippen molar-refractivity contribution in [2.75, 3.05) is 37.4 Å². The zero-order chi connectivity index (χ0) is 34.4. The Balaban J connectivity index is 1.00. The van der Waals surface area contributed by atoms with E-state index in [1.807, 2.05) is 0 Å². The molecule has 0 aliphatic carbocycles. The van der Waals surface area contributed by atoms with E-state index in [9.17, 15) is 9.46 Å². The Morgan fingerprint density at radius 3 is 2.22 bits per heavy atom. The molecule has 10 atom stereocenters. The molecule has 0 amide bonds. The number of ether oxygens (including phenoxy) is 2. The minimum absolute atomic E-state index is 0.318. The van der Waals surface area contributed by atoms with Crippen LogP contribution < -0.4 is 11.0 Å². The second-order valence-electron chi connectivity index (χ2n) is 12.3. The monoisotopic (exact) mass is 753 g/mol. The molecule has 9 rings (SSSR count). The van der Waals surface area contributed by atoms with Crippen molar-refractivity contribution in [3.63, 3.8) is 0 Å². The average molecular weight is 753 g/mol. The Bertz CT molecular complexity index is 1940. The van der Waals surface area contributed by atoms with Gasteiger partial charge in [-0.1, -0.05) is 0 Å². The van der Waals surface area contributed by atoms with Gasteiger partial charge >= 0.3 is 6.72 Å². The molecule has 5 aliphatic rings. The van der Waals surface area contributed by atoms with E-state index in [0.29, 0.717) is 59.6 Å². The molecule has 3 fully saturated rings. The fourth-order valence-corrected chi connectivity index (χ4v) is 9.45. The number of rotatable bonds is 2. The second kappa shape index (κ2) is 12.5. The molecule has 17 nitrogen and oxygen atoms in total. The lowest BCUT2D eigenvalue weighted by molar-refractivity contribution is -0.0564. The van der Waals surface area contributed by atoms with Gasteiger partial charge in [0.25, 0.3) is 7.47 Å². The predicted molar refractivity (Wildman–Crippen MR) is 173 cm³/mol. The Kier molecular flexibility index (Phi) is 8.30. The van der Waals surface area contributed by atoms with Gasteiger partial charge in [-0.3, -0.25) is 24.2 Å². The Morgan fingerprint density at radius 2 is 1.50 bits per heavy atom. The van der Waals surface area contributed by atoms with Gasteiger partial charge in [0, 0.05) is 36.8 Å². The number of fused-ring (bicyclic) bond motifs is 2.